The molecule has 4 heteroatoms. The lowest BCUT2D eigenvalue weighted by molar-refractivity contribution is -0.240. The third-order valence-electron chi connectivity index (χ3n) is 4.72. The molecule has 0 aromatic carbocycles. The van der Waals surface area contributed by atoms with Gasteiger partial charge >= 0.3 is 0 Å². The quantitative estimate of drug-likeness (QED) is 0.845. The Morgan fingerprint density at radius 2 is 1.84 bits per heavy atom. The van der Waals surface area contributed by atoms with Gasteiger partial charge in [0.05, 0.1) is 25.1 Å². The fourth-order valence-corrected chi connectivity index (χ4v) is 3.82. The minimum absolute atomic E-state index is 0.363. The second-order valence-electron chi connectivity index (χ2n) is 5.89. The molecule has 1 aromatic rings. The number of nitrogen functional groups attached to an aromatic ring is 1. The van der Waals surface area contributed by atoms with E-state index in [9.17, 15) is 0 Å². The Balaban J connectivity index is 1.84. The fourth-order valence-electron chi connectivity index (χ4n) is 3.82. The molecule has 0 amide bonds. The standard InChI is InChI=1S/C15H22N2O2/c1-10-7-12(13-3-4-17-9-14(13)16)8-11(2)15(10)18-5-6-19-15/h3-4,9-12H,5-8,16H2,1-2H3/t10-,11+,12?. The molecule has 4 nitrogen and oxygen atoms in total. The lowest BCUT2D eigenvalue weighted by Crippen LogP contribution is -2.48. The zero-order valence-corrected chi connectivity index (χ0v) is 11.6. The molecular formula is C15H22N2O2. The summed E-state index contributed by atoms with van der Waals surface area (Å²) in [5.74, 6) is 0.886. The number of nitrogens with zero attached hydrogens (tertiary/aromatic N) is 1. The lowest BCUT2D eigenvalue weighted by Gasteiger charge is -2.45. The number of rotatable bonds is 1. The fraction of sp³-hybridized carbons (Fsp3) is 0.667. The second-order valence-corrected chi connectivity index (χ2v) is 5.89. The maximum atomic E-state index is 6.06. The van der Waals surface area contributed by atoms with Crippen LogP contribution in [-0.4, -0.2) is 24.0 Å². The Bertz CT molecular complexity index is 443. The lowest BCUT2D eigenvalue weighted by atomic mass is 9.69. The number of nitrogens with two attached hydrogens (primary N) is 1. The van der Waals surface area contributed by atoms with Crippen LogP contribution < -0.4 is 5.73 Å². The van der Waals surface area contributed by atoms with Crippen molar-refractivity contribution in [2.75, 3.05) is 18.9 Å². The normalized spacial score (nSPS) is 33.7. The monoisotopic (exact) mass is 262 g/mol. The van der Waals surface area contributed by atoms with E-state index in [1.54, 1.807) is 6.20 Å². The van der Waals surface area contributed by atoms with Crippen molar-refractivity contribution in [3.63, 3.8) is 0 Å². The Morgan fingerprint density at radius 1 is 1.21 bits per heavy atom. The molecule has 2 heterocycles. The number of ether oxygens (including phenoxy) is 2. The highest BCUT2D eigenvalue weighted by Gasteiger charge is 2.51. The highest BCUT2D eigenvalue weighted by atomic mass is 16.7. The van der Waals surface area contributed by atoms with Gasteiger partial charge in [0.15, 0.2) is 5.79 Å². The van der Waals surface area contributed by atoms with Gasteiger partial charge in [0.1, 0.15) is 0 Å². The average Bonchev–Trinajstić information content (AvgIpc) is 2.87. The molecule has 1 spiro atoms. The molecule has 1 saturated heterocycles. The highest BCUT2D eigenvalue weighted by molar-refractivity contribution is 5.46. The van der Waals surface area contributed by atoms with Crippen LogP contribution in [0.15, 0.2) is 18.5 Å². The summed E-state index contributed by atoms with van der Waals surface area (Å²) >= 11 is 0. The van der Waals surface area contributed by atoms with E-state index in [0.717, 1.165) is 31.7 Å². The van der Waals surface area contributed by atoms with Gasteiger partial charge in [-0.2, -0.15) is 0 Å². The Kier molecular flexibility index (Phi) is 3.23. The number of pyridine rings is 1. The number of aromatic nitrogens is 1. The molecule has 1 aliphatic heterocycles. The van der Waals surface area contributed by atoms with E-state index >= 15 is 0 Å². The minimum atomic E-state index is -0.363. The molecule has 104 valence electrons. The molecule has 0 bridgehead atoms. The van der Waals surface area contributed by atoms with Gasteiger partial charge in [0.25, 0.3) is 0 Å². The van der Waals surface area contributed by atoms with Crippen molar-refractivity contribution in [2.45, 2.75) is 38.4 Å². The van der Waals surface area contributed by atoms with Crippen molar-refractivity contribution in [3.8, 4) is 0 Å². The summed E-state index contributed by atoms with van der Waals surface area (Å²) in [5.41, 5.74) is 8.09. The highest BCUT2D eigenvalue weighted by Crippen LogP contribution is 2.49. The maximum absolute atomic E-state index is 6.06. The molecule has 19 heavy (non-hydrogen) atoms. The van der Waals surface area contributed by atoms with Crippen LogP contribution in [-0.2, 0) is 9.47 Å². The minimum Gasteiger partial charge on any atom is -0.397 e. The van der Waals surface area contributed by atoms with Gasteiger partial charge in [-0.25, -0.2) is 0 Å². The van der Waals surface area contributed by atoms with Crippen molar-refractivity contribution >= 4 is 5.69 Å². The zero-order valence-electron chi connectivity index (χ0n) is 11.6. The smallest absolute Gasteiger partial charge is 0.173 e. The van der Waals surface area contributed by atoms with Crippen molar-refractivity contribution in [1.82, 2.24) is 4.98 Å². The third kappa shape index (κ3) is 2.03. The SMILES string of the molecule is C[C@@H]1CC(c2ccncc2N)C[C@H](C)C12OCCO2. The summed E-state index contributed by atoms with van der Waals surface area (Å²) in [5, 5.41) is 0. The van der Waals surface area contributed by atoms with Gasteiger partial charge in [-0.05, 0) is 30.4 Å². The summed E-state index contributed by atoms with van der Waals surface area (Å²) in [4.78, 5) is 4.07. The summed E-state index contributed by atoms with van der Waals surface area (Å²) in [6, 6.07) is 2.05. The summed E-state index contributed by atoms with van der Waals surface area (Å²) < 4.78 is 11.9. The van der Waals surface area contributed by atoms with Crippen molar-refractivity contribution in [3.05, 3.63) is 24.0 Å². The van der Waals surface area contributed by atoms with Crippen molar-refractivity contribution < 1.29 is 9.47 Å². The van der Waals surface area contributed by atoms with Crippen LogP contribution in [0.25, 0.3) is 0 Å². The molecule has 2 N–H and O–H groups in total. The molecule has 3 rings (SSSR count). The van der Waals surface area contributed by atoms with E-state index in [-0.39, 0.29) is 5.79 Å². The molecule has 1 unspecified atom stereocenters. The van der Waals surface area contributed by atoms with Crippen LogP contribution in [0, 0.1) is 11.8 Å². The van der Waals surface area contributed by atoms with Crippen LogP contribution in [0.1, 0.15) is 38.2 Å². The first kappa shape index (κ1) is 12.9. The predicted octanol–water partition coefficient (Wildman–Crippen LogP) is 2.56. The summed E-state index contributed by atoms with van der Waals surface area (Å²) in [6.45, 7) is 5.89. The van der Waals surface area contributed by atoms with Crippen LogP contribution in [0.3, 0.4) is 0 Å². The Hall–Kier alpha value is -1.13. The molecule has 1 aromatic heterocycles. The van der Waals surface area contributed by atoms with E-state index in [2.05, 4.69) is 18.8 Å². The van der Waals surface area contributed by atoms with Gasteiger partial charge in [-0.1, -0.05) is 13.8 Å². The average molecular weight is 262 g/mol. The number of hydrogen-bond acceptors (Lipinski definition) is 4. The zero-order chi connectivity index (χ0) is 13.5. The second kappa shape index (κ2) is 4.76. The van der Waals surface area contributed by atoms with Crippen molar-refractivity contribution in [1.29, 1.82) is 0 Å². The first-order valence-corrected chi connectivity index (χ1v) is 7.11. The first-order chi connectivity index (χ1) is 9.13. The summed E-state index contributed by atoms with van der Waals surface area (Å²) in [6.07, 6.45) is 5.68. The van der Waals surface area contributed by atoms with Gasteiger partial charge in [0.2, 0.25) is 0 Å². The van der Waals surface area contributed by atoms with Gasteiger partial charge < -0.3 is 15.2 Å². The van der Waals surface area contributed by atoms with Crippen LogP contribution in [0.4, 0.5) is 5.69 Å². The summed E-state index contributed by atoms with van der Waals surface area (Å²) in [7, 11) is 0. The van der Waals surface area contributed by atoms with Crippen molar-refractivity contribution in [2.24, 2.45) is 11.8 Å². The maximum Gasteiger partial charge on any atom is 0.173 e. The van der Waals surface area contributed by atoms with Gasteiger partial charge in [-0.3, -0.25) is 4.98 Å². The van der Waals surface area contributed by atoms with Crippen LogP contribution >= 0.6 is 0 Å². The molecule has 3 atom stereocenters. The Labute approximate surface area is 114 Å². The molecule has 2 fully saturated rings. The third-order valence-corrected chi connectivity index (χ3v) is 4.72. The van der Waals surface area contributed by atoms with Gasteiger partial charge in [-0.15, -0.1) is 0 Å². The molecule has 0 radical (unpaired) electrons. The molecular weight excluding hydrogens is 240 g/mol. The van der Waals surface area contributed by atoms with Gasteiger partial charge in [0, 0.05) is 18.0 Å². The molecule has 1 saturated carbocycles. The predicted molar refractivity (Wildman–Crippen MR) is 73.6 cm³/mol. The van der Waals surface area contributed by atoms with Crippen LogP contribution in [0.5, 0.6) is 0 Å². The first-order valence-electron chi connectivity index (χ1n) is 7.11. The van der Waals surface area contributed by atoms with E-state index in [0.29, 0.717) is 17.8 Å². The number of anilines is 1. The molecule has 2 aliphatic rings. The topological polar surface area (TPSA) is 57.4 Å². The Morgan fingerprint density at radius 3 is 2.42 bits per heavy atom. The van der Waals surface area contributed by atoms with E-state index in [1.165, 1.54) is 5.56 Å². The van der Waals surface area contributed by atoms with E-state index in [4.69, 9.17) is 15.2 Å². The van der Waals surface area contributed by atoms with Crippen LogP contribution in [0.2, 0.25) is 0 Å². The largest absolute Gasteiger partial charge is 0.397 e. The van der Waals surface area contributed by atoms with E-state index in [1.807, 2.05) is 12.3 Å². The van der Waals surface area contributed by atoms with E-state index < -0.39 is 0 Å². The number of hydrogen-bond donors (Lipinski definition) is 1. The molecule has 1 aliphatic carbocycles.